The van der Waals surface area contributed by atoms with Crippen LogP contribution in [0.2, 0.25) is 0 Å². The standard InChI is InChI=1S/C8H9BO4/c10-9(11)8-6-3-1-2-4-7(6)12-5-13-8/h1-4,8,10-11H,5H2. The number of hydrogen-bond acceptors (Lipinski definition) is 4. The Morgan fingerprint density at radius 2 is 2.08 bits per heavy atom. The summed E-state index contributed by atoms with van der Waals surface area (Å²) >= 11 is 0. The van der Waals surface area contributed by atoms with Crippen LogP contribution in [0.5, 0.6) is 5.75 Å². The summed E-state index contributed by atoms with van der Waals surface area (Å²) < 4.78 is 10.2. The molecule has 0 fully saturated rings. The molecule has 0 aromatic heterocycles. The first-order chi connectivity index (χ1) is 6.29. The maximum absolute atomic E-state index is 9.00. The molecule has 1 unspecified atom stereocenters. The largest absolute Gasteiger partial charge is 0.487 e. The smallest absolute Gasteiger partial charge is 0.467 e. The molecular weight excluding hydrogens is 171 g/mol. The highest BCUT2D eigenvalue weighted by Crippen LogP contribution is 2.31. The summed E-state index contributed by atoms with van der Waals surface area (Å²) in [6, 6.07) is 6.44. The van der Waals surface area contributed by atoms with Crippen molar-refractivity contribution >= 4 is 7.12 Å². The van der Waals surface area contributed by atoms with Crippen LogP contribution in [0.25, 0.3) is 0 Å². The highest BCUT2D eigenvalue weighted by atomic mass is 16.7. The molecule has 1 aliphatic heterocycles. The lowest BCUT2D eigenvalue weighted by atomic mass is 9.77. The molecule has 0 radical (unpaired) electrons. The maximum Gasteiger partial charge on any atom is 0.487 e. The molecule has 1 atom stereocenters. The van der Waals surface area contributed by atoms with E-state index in [0.29, 0.717) is 11.3 Å². The molecule has 1 aromatic carbocycles. The van der Waals surface area contributed by atoms with Gasteiger partial charge < -0.3 is 19.5 Å². The minimum Gasteiger partial charge on any atom is -0.467 e. The second kappa shape index (κ2) is 3.37. The van der Waals surface area contributed by atoms with Crippen LogP contribution in [0.1, 0.15) is 11.6 Å². The summed E-state index contributed by atoms with van der Waals surface area (Å²) in [5.41, 5.74) is 0.670. The van der Waals surface area contributed by atoms with E-state index in [9.17, 15) is 0 Å². The van der Waals surface area contributed by atoms with Crippen LogP contribution in [0.15, 0.2) is 24.3 Å². The van der Waals surface area contributed by atoms with Gasteiger partial charge in [0.05, 0.1) is 0 Å². The molecule has 0 amide bonds. The molecule has 68 valence electrons. The molecule has 0 saturated carbocycles. The summed E-state index contributed by atoms with van der Waals surface area (Å²) in [7, 11) is -1.51. The molecule has 5 heteroatoms. The first-order valence-electron chi connectivity index (χ1n) is 3.98. The third-order valence-electron chi connectivity index (χ3n) is 1.96. The van der Waals surface area contributed by atoms with E-state index in [1.165, 1.54) is 0 Å². The van der Waals surface area contributed by atoms with Gasteiger partial charge in [0.1, 0.15) is 11.8 Å². The zero-order valence-corrected chi connectivity index (χ0v) is 6.88. The lowest BCUT2D eigenvalue weighted by Crippen LogP contribution is -2.30. The Balaban J connectivity index is 2.37. The van der Waals surface area contributed by atoms with Crippen LogP contribution in [0.3, 0.4) is 0 Å². The quantitative estimate of drug-likeness (QED) is 0.602. The average molecular weight is 180 g/mol. The Morgan fingerprint density at radius 3 is 2.85 bits per heavy atom. The topological polar surface area (TPSA) is 58.9 Å². The molecule has 2 N–H and O–H groups in total. The number of rotatable bonds is 1. The van der Waals surface area contributed by atoms with Crippen LogP contribution in [-0.2, 0) is 4.74 Å². The predicted molar refractivity (Wildman–Crippen MR) is 46.0 cm³/mol. The summed E-state index contributed by atoms with van der Waals surface area (Å²) in [6.45, 7) is 0.0549. The fraction of sp³-hybridized carbons (Fsp3) is 0.250. The SMILES string of the molecule is OB(O)C1OCOc2ccccc21. The monoisotopic (exact) mass is 180 g/mol. The van der Waals surface area contributed by atoms with Crippen LogP contribution in [0, 0.1) is 0 Å². The van der Waals surface area contributed by atoms with Gasteiger partial charge in [-0.3, -0.25) is 0 Å². The Morgan fingerprint density at radius 1 is 1.31 bits per heavy atom. The Hall–Kier alpha value is -1.04. The molecule has 2 rings (SSSR count). The van der Waals surface area contributed by atoms with Gasteiger partial charge in [0.2, 0.25) is 0 Å². The highest BCUT2D eigenvalue weighted by Gasteiger charge is 2.31. The summed E-state index contributed by atoms with van der Waals surface area (Å²) in [5, 5.41) is 18.0. The molecule has 1 aromatic rings. The molecule has 13 heavy (non-hydrogen) atoms. The fourth-order valence-electron chi connectivity index (χ4n) is 1.35. The molecule has 1 heterocycles. The van der Waals surface area contributed by atoms with Gasteiger partial charge in [-0.25, -0.2) is 0 Å². The van der Waals surface area contributed by atoms with Crippen molar-refractivity contribution in [1.82, 2.24) is 0 Å². The second-order valence-corrected chi connectivity index (χ2v) is 2.80. The molecule has 4 nitrogen and oxygen atoms in total. The van der Waals surface area contributed by atoms with E-state index in [1.807, 2.05) is 6.07 Å². The van der Waals surface area contributed by atoms with Gasteiger partial charge >= 0.3 is 7.12 Å². The van der Waals surface area contributed by atoms with Crippen molar-refractivity contribution in [3.05, 3.63) is 29.8 Å². The van der Waals surface area contributed by atoms with Crippen LogP contribution in [0.4, 0.5) is 0 Å². The number of benzene rings is 1. The molecule has 0 saturated heterocycles. The lowest BCUT2D eigenvalue weighted by Gasteiger charge is -2.25. The predicted octanol–water partition coefficient (Wildman–Crippen LogP) is 0.106. The normalized spacial score (nSPS) is 20.3. The molecular formula is C8H9BO4. The fourth-order valence-corrected chi connectivity index (χ4v) is 1.35. The second-order valence-electron chi connectivity index (χ2n) is 2.80. The van der Waals surface area contributed by atoms with E-state index in [4.69, 9.17) is 19.5 Å². The van der Waals surface area contributed by atoms with Crippen molar-refractivity contribution in [3.63, 3.8) is 0 Å². The first kappa shape index (κ1) is 8.56. The minimum absolute atomic E-state index is 0.0549. The van der Waals surface area contributed by atoms with Crippen molar-refractivity contribution in [3.8, 4) is 5.75 Å². The lowest BCUT2D eigenvalue weighted by molar-refractivity contribution is -0.0381. The molecule has 0 spiro atoms. The molecule has 0 bridgehead atoms. The zero-order valence-electron chi connectivity index (χ0n) is 6.88. The van der Waals surface area contributed by atoms with Crippen molar-refractivity contribution in [2.45, 2.75) is 6.00 Å². The number of para-hydroxylation sites is 1. The highest BCUT2D eigenvalue weighted by molar-refractivity contribution is 6.42. The van der Waals surface area contributed by atoms with E-state index < -0.39 is 13.1 Å². The third kappa shape index (κ3) is 1.53. The zero-order chi connectivity index (χ0) is 9.26. The van der Waals surface area contributed by atoms with Gasteiger partial charge in [-0.2, -0.15) is 0 Å². The van der Waals surface area contributed by atoms with Crippen molar-refractivity contribution in [1.29, 1.82) is 0 Å². The minimum atomic E-state index is -1.51. The van der Waals surface area contributed by atoms with E-state index in [1.54, 1.807) is 18.2 Å². The summed E-state index contributed by atoms with van der Waals surface area (Å²) in [6.07, 6.45) is 0. The maximum atomic E-state index is 9.00. The van der Waals surface area contributed by atoms with Crippen molar-refractivity contribution < 1.29 is 19.5 Å². The first-order valence-corrected chi connectivity index (χ1v) is 3.98. The van der Waals surface area contributed by atoms with E-state index >= 15 is 0 Å². The van der Waals surface area contributed by atoms with Crippen molar-refractivity contribution in [2.24, 2.45) is 0 Å². The number of fused-ring (bicyclic) bond motifs is 1. The van der Waals surface area contributed by atoms with Crippen LogP contribution < -0.4 is 4.74 Å². The van der Waals surface area contributed by atoms with E-state index in [0.717, 1.165) is 0 Å². The van der Waals surface area contributed by atoms with Crippen molar-refractivity contribution in [2.75, 3.05) is 6.79 Å². The van der Waals surface area contributed by atoms with Gasteiger partial charge in [0.25, 0.3) is 0 Å². The van der Waals surface area contributed by atoms with Gasteiger partial charge in [0.15, 0.2) is 6.79 Å². The Labute approximate surface area is 75.9 Å². The van der Waals surface area contributed by atoms with E-state index in [-0.39, 0.29) is 6.79 Å². The van der Waals surface area contributed by atoms with Gasteiger partial charge in [0, 0.05) is 5.56 Å². The Bertz CT molecular complexity index is 302. The van der Waals surface area contributed by atoms with Gasteiger partial charge in [-0.15, -0.1) is 0 Å². The molecule has 0 aliphatic carbocycles. The Kier molecular flexibility index (Phi) is 2.22. The molecule has 1 aliphatic rings. The van der Waals surface area contributed by atoms with E-state index in [2.05, 4.69) is 0 Å². The average Bonchev–Trinajstić information content (AvgIpc) is 2.17. The van der Waals surface area contributed by atoms with Crippen LogP contribution >= 0.6 is 0 Å². The number of hydrogen-bond donors (Lipinski definition) is 2. The van der Waals surface area contributed by atoms with Gasteiger partial charge in [-0.1, -0.05) is 18.2 Å². The van der Waals surface area contributed by atoms with Crippen LogP contribution in [-0.4, -0.2) is 24.0 Å². The summed E-state index contributed by atoms with van der Waals surface area (Å²) in [5.74, 6) is 0.645. The summed E-state index contributed by atoms with van der Waals surface area (Å²) in [4.78, 5) is 0. The number of ether oxygens (including phenoxy) is 2. The van der Waals surface area contributed by atoms with Gasteiger partial charge in [-0.05, 0) is 6.07 Å². The third-order valence-corrected chi connectivity index (χ3v) is 1.96.